The average molecular weight is 280 g/mol. The van der Waals surface area contributed by atoms with E-state index in [1.165, 1.54) is 0 Å². The topological polar surface area (TPSA) is 74.8 Å². The largest absolute Gasteiger partial charge is 0.342 e. The van der Waals surface area contributed by atoms with Crippen LogP contribution in [0, 0.1) is 11.8 Å². The molecule has 2 fully saturated rings. The smallest absolute Gasteiger partial charge is 0.242 e. The van der Waals surface area contributed by atoms with Gasteiger partial charge in [-0.15, -0.1) is 0 Å². The molecule has 6 nitrogen and oxygen atoms in total. The molecule has 0 radical (unpaired) electrons. The van der Waals surface area contributed by atoms with Crippen molar-refractivity contribution in [1.29, 1.82) is 0 Å². The zero-order chi connectivity index (χ0) is 14.9. The van der Waals surface area contributed by atoms with Crippen LogP contribution >= 0.6 is 0 Å². The molecule has 0 spiro atoms. The van der Waals surface area contributed by atoms with Crippen molar-refractivity contribution < 1.29 is 19.2 Å². The number of imide groups is 1. The minimum Gasteiger partial charge on any atom is -0.342 e. The van der Waals surface area contributed by atoms with Crippen LogP contribution in [0.3, 0.4) is 0 Å². The first-order valence-corrected chi connectivity index (χ1v) is 7.14. The van der Waals surface area contributed by atoms with Crippen molar-refractivity contribution in [2.24, 2.45) is 11.8 Å². The van der Waals surface area contributed by atoms with Gasteiger partial charge < -0.3 is 4.90 Å². The molecule has 20 heavy (non-hydrogen) atoms. The summed E-state index contributed by atoms with van der Waals surface area (Å²) in [7, 11) is 0. The van der Waals surface area contributed by atoms with Gasteiger partial charge in [0.25, 0.3) is 0 Å². The monoisotopic (exact) mass is 280 g/mol. The maximum absolute atomic E-state index is 12.2. The number of Topliss-reactive ketones (excluding diaryl/α,β-unsaturated/α-hetero) is 1. The van der Waals surface area contributed by atoms with E-state index in [1.54, 1.807) is 4.90 Å². The quantitative estimate of drug-likeness (QED) is 0.690. The lowest BCUT2D eigenvalue weighted by molar-refractivity contribution is -0.146. The molecule has 2 atom stereocenters. The van der Waals surface area contributed by atoms with Gasteiger partial charge in [0.15, 0.2) is 0 Å². The van der Waals surface area contributed by atoms with Crippen molar-refractivity contribution in [2.45, 2.75) is 33.1 Å². The molecule has 1 heterocycles. The second-order valence-corrected chi connectivity index (χ2v) is 5.32. The number of likely N-dealkylation sites (N-methyl/N-ethyl adjacent to an activating group) is 1. The summed E-state index contributed by atoms with van der Waals surface area (Å²) in [5, 5.41) is 0. The number of nitrogens with zero attached hydrogens (tertiary/aromatic N) is 2. The van der Waals surface area contributed by atoms with E-state index < -0.39 is 11.8 Å². The van der Waals surface area contributed by atoms with Crippen LogP contribution in [-0.4, -0.2) is 52.9 Å². The van der Waals surface area contributed by atoms with Crippen LogP contribution < -0.4 is 0 Å². The second-order valence-electron chi connectivity index (χ2n) is 5.32. The summed E-state index contributed by atoms with van der Waals surface area (Å²) in [5.74, 6) is -1.76. The van der Waals surface area contributed by atoms with Crippen LogP contribution in [0.1, 0.15) is 33.1 Å². The number of amides is 3. The van der Waals surface area contributed by atoms with Crippen molar-refractivity contribution in [2.75, 3.05) is 19.6 Å². The van der Waals surface area contributed by atoms with E-state index in [4.69, 9.17) is 0 Å². The summed E-state index contributed by atoms with van der Waals surface area (Å²) >= 11 is 0. The van der Waals surface area contributed by atoms with Crippen LogP contribution in [0.5, 0.6) is 0 Å². The Balaban J connectivity index is 2.09. The summed E-state index contributed by atoms with van der Waals surface area (Å²) in [4.78, 5) is 50.5. The van der Waals surface area contributed by atoms with Crippen LogP contribution in [0.4, 0.5) is 0 Å². The van der Waals surface area contributed by atoms with Crippen LogP contribution in [0.25, 0.3) is 0 Å². The molecule has 2 rings (SSSR count). The fraction of sp³-hybridized carbons (Fsp3) is 0.714. The summed E-state index contributed by atoms with van der Waals surface area (Å²) in [6, 6.07) is 0. The number of rotatable bonds is 4. The molecule has 0 N–H and O–H groups in total. The number of carbonyl (C=O) groups is 4. The lowest BCUT2D eigenvalue weighted by atomic mass is 9.80. The second kappa shape index (κ2) is 5.73. The summed E-state index contributed by atoms with van der Waals surface area (Å²) in [6.45, 7) is 4.62. The highest BCUT2D eigenvalue weighted by Gasteiger charge is 2.50. The first kappa shape index (κ1) is 14.7. The van der Waals surface area contributed by atoms with Crippen molar-refractivity contribution >= 4 is 23.5 Å². The Kier molecular flexibility index (Phi) is 4.20. The molecule has 0 aromatic carbocycles. The Morgan fingerprint density at radius 2 is 1.75 bits per heavy atom. The minimum absolute atomic E-state index is 0.0318. The van der Waals surface area contributed by atoms with Crippen molar-refractivity contribution in [1.82, 2.24) is 9.80 Å². The molecule has 6 heteroatoms. The van der Waals surface area contributed by atoms with Crippen molar-refractivity contribution in [3.05, 3.63) is 0 Å². The van der Waals surface area contributed by atoms with E-state index in [-0.39, 0.29) is 36.5 Å². The highest BCUT2D eigenvalue weighted by molar-refractivity contribution is 6.09. The SMILES string of the molecule is CCN(CC)C(=O)CN1C(=O)[C@@H]2CCC(=O)C[C@H]2C1=O. The molecule has 3 amide bonds. The molecular weight excluding hydrogens is 260 g/mol. The molecule has 0 aromatic heterocycles. The van der Waals surface area contributed by atoms with Gasteiger partial charge in [0.2, 0.25) is 17.7 Å². The van der Waals surface area contributed by atoms with E-state index in [9.17, 15) is 19.2 Å². The molecule has 110 valence electrons. The number of ketones is 1. The summed E-state index contributed by atoms with van der Waals surface area (Å²) in [6.07, 6.45) is 0.938. The van der Waals surface area contributed by atoms with Gasteiger partial charge in [0.05, 0.1) is 11.8 Å². The summed E-state index contributed by atoms with van der Waals surface area (Å²) < 4.78 is 0. The predicted molar refractivity (Wildman–Crippen MR) is 70.5 cm³/mol. The molecule has 0 aromatic rings. The zero-order valence-corrected chi connectivity index (χ0v) is 11.9. The van der Waals surface area contributed by atoms with Gasteiger partial charge in [-0.2, -0.15) is 0 Å². The molecule has 1 aliphatic heterocycles. The molecule has 0 bridgehead atoms. The highest BCUT2D eigenvalue weighted by atomic mass is 16.2. The van der Waals surface area contributed by atoms with Crippen molar-refractivity contribution in [3.63, 3.8) is 0 Å². The molecule has 1 aliphatic carbocycles. The lowest BCUT2D eigenvalue weighted by Crippen LogP contribution is -2.43. The average Bonchev–Trinajstić information content (AvgIpc) is 2.65. The Labute approximate surface area is 118 Å². The normalized spacial score (nSPS) is 25.9. The van der Waals surface area contributed by atoms with Gasteiger partial charge in [0, 0.05) is 25.9 Å². The molecule has 0 unspecified atom stereocenters. The Morgan fingerprint density at radius 1 is 1.15 bits per heavy atom. The number of likely N-dealkylation sites (tertiary alicyclic amines) is 1. The number of hydrogen-bond acceptors (Lipinski definition) is 4. The Morgan fingerprint density at radius 3 is 2.35 bits per heavy atom. The van der Waals surface area contributed by atoms with E-state index in [0.29, 0.717) is 25.9 Å². The van der Waals surface area contributed by atoms with Gasteiger partial charge in [-0.05, 0) is 20.3 Å². The van der Waals surface area contributed by atoms with Crippen LogP contribution in [-0.2, 0) is 19.2 Å². The summed E-state index contributed by atoms with van der Waals surface area (Å²) in [5.41, 5.74) is 0. The standard InChI is InChI=1S/C14H20N2O4/c1-3-15(4-2)12(18)8-16-13(19)10-6-5-9(17)7-11(10)14(16)20/h10-11H,3-8H2,1-2H3/t10-,11-/m1/s1. The third-order valence-corrected chi connectivity index (χ3v) is 4.24. The maximum Gasteiger partial charge on any atom is 0.242 e. The first-order chi connectivity index (χ1) is 9.49. The molecular formula is C14H20N2O4. The third kappa shape index (κ3) is 2.46. The van der Waals surface area contributed by atoms with E-state index in [2.05, 4.69) is 0 Å². The van der Waals surface area contributed by atoms with Gasteiger partial charge in [-0.25, -0.2) is 0 Å². The zero-order valence-electron chi connectivity index (χ0n) is 11.9. The van der Waals surface area contributed by atoms with Crippen molar-refractivity contribution in [3.8, 4) is 0 Å². The van der Waals surface area contributed by atoms with E-state index in [0.717, 1.165) is 4.90 Å². The predicted octanol–water partition coefficient (Wildman–Crippen LogP) is 0.209. The van der Waals surface area contributed by atoms with Gasteiger partial charge in [-0.3, -0.25) is 24.1 Å². The molecule has 2 aliphatic rings. The number of fused-ring (bicyclic) bond motifs is 1. The highest BCUT2D eigenvalue weighted by Crippen LogP contribution is 2.36. The fourth-order valence-electron chi connectivity index (χ4n) is 3.04. The van der Waals surface area contributed by atoms with Crippen LogP contribution in [0.2, 0.25) is 0 Å². The lowest BCUT2D eigenvalue weighted by Gasteiger charge is -2.22. The van der Waals surface area contributed by atoms with Gasteiger partial charge in [0.1, 0.15) is 12.3 Å². The van der Waals surface area contributed by atoms with Gasteiger partial charge >= 0.3 is 0 Å². The number of carbonyl (C=O) groups excluding carboxylic acids is 4. The Hall–Kier alpha value is -1.72. The van der Waals surface area contributed by atoms with Crippen LogP contribution in [0.15, 0.2) is 0 Å². The molecule has 1 saturated carbocycles. The third-order valence-electron chi connectivity index (χ3n) is 4.24. The van der Waals surface area contributed by atoms with Gasteiger partial charge in [-0.1, -0.05) is 0 Å². The molecule has 1 saturated heterocycles. The minimum atomic E-state index is -0.534. The van der Waals surface area contributed by atoms with E-state index >= 15 is 0 Å². The maximum atomic E-state index is 12.2. The van der Waals surface area contributed by atoms with E-state index in [1.807, 2.05) is 13.8 Å². The fourth-order valence-corrected chi connectivity index (χ4v) is 3.04. The number of hydrogen-bond donors (Lipinski definition) is 0. The first-order valence-electron chi connectivity index (χ1n) is 7.14. The Bertz CT molecular complexity index is 456.